The maximum atomic E-state index is 3.57. The molecule has 0 bridgehead atoms. The van der Waals surface area contributed by atoms with E-state index < -0.39 is 44.9 Å². The van der Waals surface area contributed by atoms with Crippen molar-refractivity contribution in [1.82, 2.24) is 0 Å². The second-order valence-electron chi connectivity index (χ2n) is 6.62. The van der Waals surface area contributed by atoms with Crippen LogP contribution >= 0.6 is 0 Å². The van der Waals surface area contributed by atoms with Crippen LogP contribution in [0.3, 0.4) is 0 Å². The Morgan fingerprint density at radius 1 is 0.667 bits per heavy atom. The SMILES string of the molecule is [CH3][Ge]([CH3])([CH3])[C]#[C][Sn]([CH3])([CH3])[C]#[C][Ge]([CH3])([CH3])[CH3]. The van der Waals surface area contributed by atoms with Crippen molar-refractivity contribution < 1.29 is 0 Å². The molecule has 0 spiro atoms. The van der Waals surface area contributed by atoms with E-state index in [1.807, 2.05) is 0 Å². The van der Waals surface area contributed by atoms with Crippen LogP contribution in [-0.4, -0.2) is 44.9 Å². The van der Waals surface area contributed by atoms with E-state index in [4.69, 9.17) is 0 Å². The van der Waals surface area contributed by atoms with Gasteiger partial charge in [0.2, 0.25) is 0 Å². The maximum absolute atomic E-state index is 3.57. The van der Waals surface area contributed by atoms with E-state index in [-0.39, 0.29) is 0 Å². The third kappa shape index (κ3) is 11.3. The zero-order chi connectivity index (χ0) is 12.3. The average Bonchev–Trinajstić information content (AvgIpc) is 1.96. The van der Waals surface area contributed by atoms with E-state index in [9.17, 15) is 0 Å². The van der Waals surface area contributed by atoms with Gasteiger partial charge < -0.3 is 0 Å². The van der Waals surface area contributed by atoms with Crippen molar-refractivity contribution in [2.75, 3.05) is 0 Å². The van der Waals surface area contributed by atoms with E-state index in [0.29, 0.717) is 0 Å². The first kappa shape index (κ1) is 16.0. The molecule has 0 aromatic heterocycles. The normalized spacial score (nSPS) is 12.3. The van der Waals surface area contributed by atoms with Crippen molar-refractivity contribution in [2.24, 2.45) is 0 Å². The van der Waals surface area contributed by atoms with Gasteiger partial charge in [0.15, 0.2) is 0 Å². The number of hydrogen-bond donors (Lipinski definition) is 0. The summed E-state index contributed by atoms with van der Waals surface area (Å²) in [5.41, 5.74) is 0. The molecule has 0 aliphatic rings. The fraction of sp³-hybridized carbons (Fsp3) is 0.667. The van der Waals surface area contributed by atoms with Gasteiger partial charge in [-0.25, -0.2) is 0 Å². The molecule has 0 aromatic carbocycles. The zero-order valence-corrected chi connectivity index (χ0v) is 18.6. The Kier molecular flexibility index (Phi) is 5.93. The first-order valence-corrected chi connectivity index (χ1v) is 28.7. The van der Waals surface area contributed by atoms with Gasteiger partial charge in [-0.15, -0.1) is 0 Å². The Hall–Kier alpha value is 1.00. The minimum atomic E-state index is -2.29. The van der Waals surface area contributed by atoms with Gasteiger partial charge in [0.1, 0.15) is 0 Å². The van der Waals surface area contributed by atoms with E-state index in [0.717, 1.165) is 0 Å². The topological polar surface area (TPSA) is 0 Å². The Balaban J connectivity index is 4.82. The first-order valence-electron chi connectivity index (χ1n) is 5.50. The monoisotopic (exact) mass is 436 g/mol. The Labute approximate surface area is 106 Å². The average molecular weight is 432 g/mol. The van der Waals surface area contributed by atoms with Gasteiger partial charge in [-0.2, -0.15) is 0 Å². The third-order valence-electron chi connectivity index (χ3n) is 1.50. The van der Waals surface area contributed by atoms with E-state index in [2.05, 4.69) is 61.8 Å². The summed E-state index contributed by atoms with van der Waals surface area (Å²) in [4.78, 5) is 4.69. The van der Waals surface area contributed by atoms with Crippen molar-refractivity contribution >= 4 is 44.9 Å². The van der Waals surface area contributed by atoms with E-state index in [1.54, 1.807) is 0 Å². The molecule has 0 heterocycles. The summed E-state index contributed by atoms with van der Waals surface area (Å²) in [6.45, 7) is 0. The standard InChI is InChI=1S/2C5H9Ge.2CH3.Sn/c2*1-5-6(2,3)4;;;/h2*2-4H3;2*1H3;. The predicted octanol–water partition coefficient (Wildman–Crippen LogP) is 3.53. The van der Waals surface area contributed by atoms with Gasteiger partial charge in [0.25, 0.3) is 0 Å². The van der Waals surface area contributed by atoms with Crippen molar-refractivity contribution in [3.63, 3.8) is 0 Å². The van der Waals surface area contributed by atoms with E-state index in [1.165, 1.54) is 0 Å². The molecule has 3 heteroatoms. The minimum absolute atomic E-state index is 1.67. The second kappa shape index (κ2) is 5.56. The second-order valence-corrected chi connectivity index (χ2v) is 37.3. The summed E-state index contributed by atoms with van der Waals surface area (Å²) in [7, 11) is 0. The molecule has 0 fully saturated rings. The molecule has 0 rings (SSSR count). The van der Waals surface area contributed by atoms with Crippen molar-refractivity contribution in [1.29, 1.82) is 0 Å². The van der Waals surface area contributed by atoms with Gasteiger partial charge >= 0.3 is 107 Å². The third-order valence-corrected chi connectivity index (χ3v) is 12.4. The molecular formula is C12H24Ge2Sn. The molecule has 0 N–H and O–H groups in total. The van der Waals surface area contributed by atoms with Crippen LogP contribution in [0.5, 0.6) is 0 Å². The van der Waals surface area contributed by atoms with Gasteiger partial charge in [0.05, 0.1) is 0 Å². The van der Waals surface area contributed by atoms with Crippen LogP contribution < -0.4 is 0 Å². The molecule has 84 valence electrons. The summed E-state index contributed by atoms with van der Waals surface area (Å²) in [5, 5.41) is 0. The summed E-state index contributed by atoms with van der Waals surface area (Å²) in [6, 6.07) is 0. The molecule has 0 saturated carbocycles. The molecule has 0 unspecified atom stereocenters. The fourth-order valence-corrected chi connectivity index (χ4v) is 24.2. The van der Waals surface area contributed by atoms with Crippen LogP contribution in [0.15, 0.2) is 0 Å². The molecule has 0 aliphatic heterocycles. The van der Waals surface area contributed by atoms with Gasteiger partial charge in [-0.05, 0) is 0 Å². The van der Waals surface area contributed by atoms with Gasteiger partial charge in [-0.3, -0.25) is 0 Å². The van der Waals surface area contributed by atoms with Crippen LogP contribution in [0.2, 0.25) is 44.4 Å². The summed E-state index contributed by atoms with van der Waals surface area (Å²) in [6.07, 6.45) is 0. The Bertz CT molecular complexity index is 300. The van der Waals surface area contributed by atoms with Crippen LogP contribution in [0.1, 0.15) is 0 Å². The van der Waals surface area contributed by atoms with Gasteiger partial charge in [-0.1, -0.05) is 0 Å². The van der Waals surface area contributed by atoms with Crippen LogP contribution in [0, 0.1) is 17.4 Å². The predicted molar refractivity (Wildman–Crippen MR) is 79.7 cm³/mol. The fourth-order valence-electron chi connectivity index (χ4n) is 0.719. The van der Waals surface area contributed by atoms with Crippen LogP contribution in [-0.2, 0) is 0 Å². The Morgan fingerprint density at radius 2 is 0.933 bits per heavy atom. The quantitative estimate of drug-likeness (QED) is 0.406. The molecule has 0 saturated heterocycles. The van der Waals surface area contributed by atoms with Crippen molar-refractivity contribution in [2.45, 2.75) is 44.4 Å². The zero-order valence-electron chi connectivity index (χ0n) is 11.5. The first-order chi connectivity index (χ1) is 6.41. The summed E-state index contributed by atoms with van der Waals surface area (Å²) < 4.78 is 14.2. The molecule has 0 aliphatic carbocycles. The van der Waals surface area contributed by atoms with Crippen molar-refractivity contribution in [3.8, 4) is 17.4 Å². The van der Waals surface area contributed by atoms with Crippen LogP contribution in [0.25, 0.3) is 0 Å². The number of hydrogen-bond acceptors (Lipinski definition) is 0. The Morgan fingerprint density at radius 3 is 1.13 bits per heavy atom. The van der Waals surface area contributed by atoms with E-state index >= 15 is 0 Å². The summed E-state index contributed by atoms with van der Waals surface area (Å²) >= 11 is -5.62. The molecule has 0 radical (unpaired) electrons. The summed E-state index contributed by atoms with van der Waals surface area (Å²) in [5.74, 6) is 14.1. The van der Waals surface area contributed by atoms with Crippen molar-refractivity contribution in [3.05, 3.63) is 0 Å². The molecule has 0 amide bonds. The molecule has 0 nitrogen and oxygen atoms in total. The molecular weight excluding hydrogens is 408 g/mol. The number of rotatable bonds is 0. The molecule has 0 aromatic rings. The van der Waals surface area contributed by atoms with Gasteiger partial charge in [0, 0.05) is 0 Å². The molecule has 0 atom stereocenters. The van der Waals surface area contributed by atoms with Crippen LogP contribution in [0.4, 0.5) is 0 Å². The molecule has 15 heavy (non-hydrogen) atoms.